The summed E-state index contributed by atoms with van der Waals surface area (Å²) in [5.74, 6) is 1.06. The molecule has 1 spiro atoms. The number of nitrogens with one attached hydrogen (secondary N) is 2. The van der Waals surface area contributed by atoms with Gasteiger partial charge >= 0.3 is 0 Å². The summed E-state index contributed by atoms with van der Waals surface area (Å²) in [6.07, 6.45) is 3.23. The van der Waals surface area contributed by atoms with E-state index in [9.17, 15) is 4.79 Å². The molecule has 27 heavy (non-hydrogen) atoms. The third-order valence-corrected chi connectivity index (χ3v) is 6.18. The van der Waals surface area contributed by atoms with Gasteiger partial charge in [-0.25, -0.2) is 4.68 Å². The Balaban J connectivity index is 1.63. The quantitative estimate of drug-likeness (QED) is 0.868. The molecule has 2 heterocycles. The molecule has 4 rings (SSSR count). The van der Waals surface area contributed by atoms with Crippen molar-refractivity contribution in [3.8, 4) is 5.69 Å². The van der Waals surface area contributed by atoms with Crippen molar-refractivity contribution in [2.24, 2.45) is 11.3 Å². The van der Waals surface area contributed by atoms with Crippen LogP contribution in [0.4, 0.5) is 5.82 Å². The monoisotopic (exact) mass is 366 g/mol. The van der Waals surface area contributed by atoms with E-state index in [1.807, 2.05) is 22.9 Å². The highest BCUT2D eigenvalue weighted by Crippen LogP contribution is 2.58. The molecule has 0 bridgehead atoms. The van der Waals surface area contributed by atoms with Gasteiger partial charge in [-0.2, -0.15) is 5.10 Å². The minimum atomic E-state index is -0.0801. The number of aromatic nitrogens is 2. The van der Waals surface area contributed by atoms with Gasteiger partial charge in [-0.15, -0.1) is 0 Å². The van der Waals surface area contributed by atoms with E-state index >= 15 is 0 Å². The second-order valence-electron chi connectivity index (χ2n) is 9.22. The summed E-state index contributed by atoms with van der Waals surface area (Å²) in [6, 6.07) is 10.2. The first-order valence-corrected chi connectivity index (χ1v) is 9.98. The zero-order valence-electron chi connectivity index (χ0n) is 16.8. The van der Waals surface area contributed by atoms with Crippen LogP contribution < -0.4 is 10.6 Å². The third-order valence-electron chi connectivity index (χ3n) is 6.18. The lowest BCUT2D eigenvalue weighted by atomic mass is 9.91. The summed E-state index contributed by atoms with van der Waals surface area (Å²) >= 11 is 0. The van der Waals surface area contributed by atoms with E-state index in [1.54, 1.807) is 0 Å². The molecule has 1 atom stereocenters. The van der Waals surface area contributed by atoms with Crippen LogP contribution in [0.1, 0.15) is 51.3 Å². The van der Waals surface area contributed by atoms with Crippen molar-refractivity contribution in [2.75, 3.05) is 18.4 Å². The molecule has 1 amide bonds. The van der Waals surface area contributed by atoms with Crippen LogP contribution in [-0.4, -0.2) is 28.8 Å². The van der Waals surface area contributed by atoms with Crippen LogP contribution in [0, 0.1) is 18.3 Å². The maximum atomic E-state index is 13.0. The number of hydrogen-bond acceptors (Lipinski definition) is 3. The Morgan fingerprint density at radius 1 is 1.26 bits per heavy atom. The number of para-hydroxylation sites is 1. The highest BCUT2D eigenvalue weighted by atomic mass is 16.2. The van der Waals surface area contributed by atoms with Crippen LogP contribution in [0.3, 0.4) is 0 Å². The first-order chi connectivity index (χ1) is 12.8. The largest absolute Gasteiger partial charge is 0.317 e. The Bertz CT molecular complexity index is 855. The molecule has 1 aromatic heterocycles. The predicted molar refractivity (Wildman–Crippen MR) is 108 cm³/mol. The molecule has 1 aromatic carbocycles. The van der Waals surface area contributed by atoms with Crippen molar-refractivity contribution in [1.82, 2.24) is 15.1 Å². The molecule has 1 unspecified atom stereocenters. The highest BCUT2D eigenvalue weighted by Gasteiger charge is 2.57. The Morgan fingerprint density at radius 3 is 2.63 bits per heavy atom. The smallest absolute Gasteiger partial charge is 0.229 e. The Kier molecular flexibility index (Phi) is 4.38. The number of hydrogen-bond donors (Lipinski definition) is 2. The second-order valence-corrected chi connectivity index (χ2v) is 9.22. The highest BCUT2D eigenvalue weighted by molar-refractivity contribution is 5.94. The predicted octanol–water partition coefficient (Wildman–Crippen LogP) is 3.81. The van der Waals surface area contributed by atoms with Crippen molar-refractivity contribution >= 4 is 11.7 Å². The van der Waals surface area contributed by atoms with E-state index in [0.29, 0.717) is 0 Å². The minimum Gasteiger partial charge on any atom is -0.317 e. The van der Waals surface area contributed by atoms with E-state index < -0.39 is 0 Å². The van der Waals surface area contributed by atoms with Gasteiger partial charge in [0.1, 0.15) is 5.82 Å². The van der Waals surface area contributed by atoms with Gasteiger partial charge in [0.2, 0.25) is 5.91 Å². The van der Waals surface area contributed by atoms with E-state index in [-0.39, 0.29) is 22.7 Å². The molecule has 1 saturated heterocycles. The topological polar surface area (TPSA) is 59.0 Å². The number of carbonyl (C=O) groups excluding carboxylic acids is 1. The van der Waals surface area contributed by atoms with Gasteiger partial charge in [0.05, 0.1) is 11.4 Å². The summed E-state index contributed by atoms with van der Waals surface area (Å²) < 4.78 is 1.89. The van der Waals surface area contributed by atoms with E-state index in [4.69, 9.17) is 5.10 Å². The summed E-state index contributed by atoms with van der Waals surface area (Å²) in [7, 11) is 0. The Morgan fingerprint density at radius 2 is 1.96 bits per heavy atom. The maximum absolute atomic E-state index is 13.0. The number of anilines is 1. The summed E-state index contributed by atoms with van der Waals surface area (Å²) in [4.78, 5) is 13.0. The minimum absolute atomic E-state index is 0.0801. The van der Waals surface area contributed by atoms with Gasteiger partial charge in [0, 0.05) is 17.4 Å². The number of aryl methyl sites for hydroxylation is 1. The van der Waals surface area contributed by atoms with Crippen LogP contribution in [0.5, 0.6) is 0 Å². The lowest BCUT2D eigenvalue weighted by Gasteiger charge is -2.23. The average Bonchev–Trinajstić information content (AvgIpc) is 3.13. The zero-order chi connectivity index (χ0) is 19.2. The van der Waals surface area contributed by atoms with E-state index in [1.165, 1.54) is 0 Å². The number of nitrogens with zero attached hydrogens (tertiary/aromatic N) is 2. The molecule has 5 nitrogen and oxygen atoms in total. The fraction of sp³-hybridized carbons (Fsp3) is 0.545. The van der Waals surface area contributed by atoms with Crippen molar-refractivity contribution < 1.29 is 4.79 Å². The summed E-state index contributed by atoms with van der Waals surface area (Å²) in [5.41, 5.74) is 3.28. The van der Waals surface area contributed by atoms with Crippen molar-refractivity contribution in [2.45, 2.75) is 52.4 Å². The molecule has 144 valence electrons. The van der Waals surface area contributed by atoms with Gasteiger partial charge in [-0.3, -0.25) is 4.79 Å². The maximum Gasteiger partial charge on any atom is 0.229 e. The molecule has 1 aliphatic heterocycles. The van der Waals surface area contributed by atoms with E-state index in [2.05, 4.69) is 50.5 Å². The standard InChI is InChI=1S/C22H30N4O/c1-15-7-5-6-8-17(15)26-19(13-18(25-26)21(2,3)4)24-20(27)16-14-22(16)9-11-23-12-10-22/h5-8,13,16,23H,9-12,14H2,1-4H3,(H,24,27). The number of rotatable bonds is 3. The fourth-order valence-electron chi connectivity index (χ4n) is 4.23. The SMILES string of the molecule is Cc1ccccc1-n1nc(C(C)(C)C)cc1NC(=O)C1CC12CCNCC2. The molecular formula is C22H30N4O. The average molecular weight is 367 g/mol. The summed E-state index contributed by atoms with van der Waals surface area (Å²) in [6.45, 7) is 10.6. The third kappa shape index (κ3) is 3.41. The van der Waals surface area contributed by atoms with Crippen molar-refractivity contribution in [3.05, 3.63) is 41.6 Å². The first kappa shape index (κ1) is 18.2. The van der Waals surface area contributed by atoms with Gasteiger partial charge in [-0.1, -0.05) is 39.0 Å². The van der Waals surface area contributed by atoms with Gasteiger partial charge in [0.25, 0.3) is 0 Å². The molecule has 0 radical (unpaired) electrons. The van der Waals surface area contributed by atoms with Crippen molar-refractivity contribution in [1.29, 1.82) is 0 Å². The molecule has 2 fully saturated rings. The van der Waals surface area contributed by atoms with Gasteiger partial charge in [-0.05, 0) is 56.3 Å². The lowest BCUT2D eigenvalue weighted by molar-refractivity contribution is -0.118. The number of benzene rings is 1. The molecule has 1 saturated carbocycles. The summed E-state index contributed by atoms with van der Waals surface area (Å²) in [5, 5.41) is 11.4. The lowest BCUT2D eigenvalue weighted by Crippen LogP contribution is -2.31. The second kappa shape index (κ2) is 6.48. The van der Waals surface area contributed by atoms with E-state index in [0.717, 1.165) is 55.1 Å². The zero-order valence-corrected chi connectivity index (χ0v) is 16.8. The molecule has 2 aliphatic rings. The van der Waals surface area contributed by atoms with Gasteiger partial charge in [0.15, 0.2) is 0 Å². The van der Waals surface area contributed by atoms with Crippen LogP contribution in [0.15, 0.2) is 30.3 Å². The van der Waals surface area contributed by atoms with Crippen LogP contribution >= 0.6 is 0 Å². The fourth-order valence-corrected chi connectivity index (χ4v) is 4.23. The normalized spacial score (nSPS) is 21.3. The molecule has 2 aromatic rings. The van der Waals surface area contributed by atoms with Crippen LogP contribution in [0.25, 0.3) is 5.69 Å². The van der Waals surface area contributed by atoms with Crippen LogP contribution in [0.2, 0.25) is 0 Å². The van der Waals surface area contributed by atoms with Crippen LogP contribution in [-0.2, 0) is 10.2 Å². The number of piperidine rings is 1. The van der Waals surface area contributed by atoms with Crippen molar-refractivity contribution in [3.63, 3.8) is 0 Å². The molecule has 2 N–H and O–H groups in total. The molecule has 5 heteroatoms. The Labute approximate surface area is 161 Å². The molecular weight excluding hydrogens is 336 g/mol. The Hall–Kier alpha value is -2.14. The molecule has 1 aliphatic carbocycles. The number of amides is 1. The number of carbonyl (C=O) groups is 1. The van der Waals surface area contributed by atoms with Gasteiger partial charge < -0.3 is 10.6 Å². The first-order valence-electron chi connectivity index (χ1n) is 9.98.